The lowest BCUT2D eigenvalue weighted by molar-refractivity contribution is 0.587. The van der Waals surface area contributed by atoms with Crippen molar-refractivity contribution in [1.29, 1.82) is 5.26 Å². The van der Waals surface area contributed by atoms with Crippen LogP contribution in [0.5, 0.6) is 0 Å². The molecule has 0 saturated heterocycles. The van der Waals surface area contributed by atoms with E-state index in [9.17, 15) is 8.42 Å². The van der Waals surface area contributed by atoms with Crippen molar-refractivity contribution in [1.82, 2.24) is 0 Å². The van der Waals surface area contributed by atoms with Gasteiger partial charge in [0.05, 0.1) is 28.8 Å². The van der Waals surface area contributed by atoms with Crippen LogP contribution in [0.3, 0.4) is 0 Å². The van der Waals surface area contributed by atoms with Gasteiger partial charge in [0, 0.05) is 0 Å². The third-order valence-corrected chi connectivity index (χ3v) is 3.64. The Hall–Kier alpha value is -1.74. The molecule has 0 spiro atoms. The van der Waals surface area contributed by atoms with Crippen LogP contribution >= 0.6 is 0 Å². The third-order valence-electron chi connectivity index (χ3n) is 2.00. The van der Waals surface area contributed by atoms with Gasteiger partial charge in [0.1, 0.15) is 0 Å². The molecule has 6 heteroatoms. The van der Waals surface area contributed by atoms with Gasteiger partial charge in [-0.05, 0) is 24.1 Å². The molecule has 17 heavy (non-hydrogen) atoms. The van der Waals surface area contributed by atoms with Crippen LogP contribution in [0, 0.1) is 17.2 Å². The van der Waals surface area contributed by atoms with Crippen molar-refractivity contribution in [3.05, 3.63) is 23.8 Å². The predicted octanol–water partition coefficient (Wildman–Crippen LogP) is 1.54. The Morgan fingerprint density at radius 2 is 2.12 bits per heavy atom. The number of benzene rings is 1. The van der Waals surface area contributed by atoms with E-state index in [1.54, 1.807) is 0 Å². The maximum atomic E-state index is 11.7. The van der Waals surface area contributed by atoms with Crippen molar-refractivity contribution in [2.75, 3.05) is 16.2 Å². The monoisotopic (exact) mass is 253 g/mol. The number of nitrogens with one attached hydrogen (secondary N) is 1. The highest BCUT2D eigenvalue weighted by molar-refractivity contribution is 7.92. The first-order valence-corrected chi connectivity index (χ1v) is 6.79. The minimum Gasteiger partial charge on any atom is -0.397 e. The molecule has 1 aromatic rings. The van der Waals surface area contributed by atoms with Crippen molar-refractivity contribution in [2.45, 2.75) is 13.8 Å². The van der Waals surface area contributed by atoms with Gasteiger partial charge in [-0.25, -0.2) is 8.42 Å². The highest BCUT2D eigenvalue weighted by Gasteiger charge is 2.14. The quantitative estimate of drug-likeness (QED) is 0.795. The molecule has 3 N–H and O–H groups in total. The molecule has 1 aromatic carbocycles. The summed E-state index contributed by atoms with van der Waals surface area (Å²) in [7, 11) is -3.39. The van der Waals surface area contributed by atoms with Crippen LogP contribution in [0.1, 0.15) is 19.4 Å². The van der Waals surface area contributed by atoms with Gasteiger partial charge in [0.15, 0.2) is 0 Å². The molecular weight excluding hydrogens is 238 g/mol. The predicted molar refractivity (Wildman–Crippen MR) is 67.8 cm³/mol. The molecule has 0 amide bonds. The second-order valence-electron chi connectivity index (χ2n) is 4.19. The van der Waals surface area contributed by atoms with Gasteiger partial charge in [0.2, 0.25) is 10.0 Å². The molecule has 0 aliphatic carbocycles. The molecule has 0 aliphatic rings. The number of nitrogen functional groups attached to an aromatic ring is 1. The number of sulfonamides is 1. The Morgan fingerprint density at radius 3 is 2.59 bits per heavy atom. The molecule has 0 fully saturated rings. The van der Waals surface area contributed by atoms with Crippen LogP contribution in [-0.2, 0) is 10.0 Å². The highest BCUT2D eigenvalue weighted by Crippen LogP contribution is 2.21. The number of nitrogens with two attached hydrogens (primary N) is 1. The SMILES string of the molecule is CC(C)CS(=O)(=O)Nc1ccc(C#N)cc1N. The van der Waals surface area contributed by atoms with Gasteiger partial charge in [-0.1, -0.05) is 13.8 Å². The Morgan fingerprint density at radius 1 is 1.47 bits per heavy atom. The summed E-state index contributed by atoms with van der Waals surface area (Å²) in [6.07, 6.45) is 0. The molecule has 0 atom stereocenters. The summed E-state index contributed by atoms with van der Waals surface area (Å²) in [5.41, 5.74) is 6.61. The first-order chi connectivity index (χ1) is 7.84. The van der Waals surface area contributed by atoms with Crippen molar-refractivity contribution >= 4 is 21.4 Å². The van der Waals surface area contributed by atoms with Gasteiger partial charge < -0.3 is 5.73 Å². The summed E-state index contributed by atoms with van der Waals surface area (Å²) in [5.74, 6) is 0.0685. The van der Waals surface area contributed by atoms with Crippen LogP contribution in [0.2, 0.25) is 0 Å². The van der Waals surface area contributed by atoms with Crippen molar-refractivity contribution in [3.63, 3.8) is 0 Å². The second kappa shape index (κ2) is 5.06. The van der Waals surface area contributed by atoms with Crippen molar-refractivity contribution in [3.8, 4) is 6.07 Å². The zero-order valence-electron chi connectivity index (χ0n) is 9.77. The first-order valence-electron chi connectivity index (χ1n) is 5.14. The largest absolute Gasteiger partial charge is 0.397 e. The van der Waals surface area contributed by atoms with E-state index in [4.69, 9.17) is 11.0 Å². The summed E-state index contributed by atoms with van der Waals surface area (Å²) in [6.45, 7) is 3.64. The number of hydrogen-bond acceptors (Lipinski definition) is 4. The van der Waals surface area contributed by atoms with E-state index in [-0.39, 0.29) is 17.4 Å². The minimum absolute atomic E-state index is 0.0342. The maximum Gasteiger partial charge on any atom is 0.233 e. The topological polar surface area (TPSA) is 96.0 Å². The summed E-state index contributed by atoms with van der Waals surface area (Å²) in [5, 5.41) is 8.66. The summed E-state index contributed by atoms with van der Waals surface area (Å²) < 4.78 is 25.8. The normalized spacial score (nSPS) is 11.2. The van der Waals surface area contributed by atoms with Crippen LogP contribution in [0.4, 0.5) is 11.4 Å². The number of hydrogen-bond donors (Lipinski definition) is 2. The highest BCUT2D eigenvalue weighted by atomic mass is 32.2. The Balaban J connectivity index is 2.94. The Bertz CT molecular complexity index is 544. The van der Waals surface area contributed by atoms with E-state index in [1.807, 2.05) is 19.9 Å². The van der Waals surface area contributed by atoms with Crippen LogP contribution < -0.4 is 10.5 Å². The van der Waals surface area contributed by atoms with E-state index in [1.165, 1.54) is 18.2 Å². The number of anilines is 2. The van der Waals surface area contributed by atoms with Gasteiger partial charge in [0.25, 0.3) is 0 Å². The molecule has 0 radical (unpaired) electrons. The molecule has 5 nitrogen and oxygen atoms in total. The van der Waals surface area contributed by atoms with E-state index >= 15 is 0 Å². The van der Waals surface area contributed by atoms with Crippen molar-refractivity contribution in [2.24, 2.45) is 5.92 Å². The van der Waals surface area contributed by atoms with E-state index in [2.05, 4.69) is 4.72 Å². The lowest BCUT2D eigenvalue weighted by Gasteiger charge is -2.11. The summed E-state index contributed by atoms with van der Waals surface area (Å²) in [4.78, 5) is 0. The molecule has 0 aliphatic heterocycles. The smallest absolute Gasteiger partial charge is 0.233 e. The average Bonchev–Trinajstić information content (AvgIpc) is 2.18. The zero-order chi connectivity index (χ0) is 13.1. The molecule has 0 saturated carbocycles. The maximum absolute atomic E-state index is 11.7. The number of nitriles is 1. The van der Waals surface area contributed by atoms with Gasteiger partial charge in [-0.15, -0.1) is 0 Å². The second-order valence-corrected chi connectivity index (χ2v) is 5.96. The van der Waals surface area contributed by atoms with E-state index in [0.29, 0.717) is 11.3 Å². The fourth-order valence-electron chi connectivity index (χ4n) is 1.37. The van der Waals surface area contributed by atoms with E-state index < -0.39 is 10.0 Å². The lowest BCUT2D eigenvalue weighted by atomic mass is 10.2. The molecular formula is C11H15N3O2S. The van der Waals surface area contributed by atoms with Crippen molar-refractivity contribution < 1.29 is 8.42 Å². The third kappa shape index (κ3) is 3.96. The fourth-order valence-corrected chi connectivity index (χ4v) is 2.86. The molecule has 0 heterocycles. The molecule has 92 valence electrons. The Labute approximate surface area is 101 Å². The van der Waals surface area contributed by atoms with E-state index in [0.717, 1.165) is 0 Å². The van der Waals surface area contributed by atoms with Gasteiger partial charge in [-0.2, -0.15) is 5.26 Å². The van der Waals surface area contributed by atoms with Crippen LogP contribution in [0.15, 0.2) is 18.2 Å². The van der Waals surface area contributed by atoms with Gasteiger partial charge in [-0.3, -0.25) is 4.72 Å². The molecule has 0 bridgehead atoms. The minimum atomic E-state index is -3.39. The lowest BCUT2D eigenvalue weighted by Crippen LogP contribution is -2.20. The zero-order valence-corrected chi connectivity index (χ0v) is 10.6. The number of nitrogens with zero attached hydrogens (tertiary/aromatic N) is 1. The summed E-state index contributed by atoms with van der Waals surface area (Å²) >= 11 is 0. The Kier molecular flexibility index (Phi) is 3.97. The number of rotatable bonds is 4. The molecule has 1 rings (SSSR count). The summed E-state index contributed by atoms with van der Waals surface area (Å²) in [6, 6.07) is 6.38. The van der Waals surface area contributed by atoms with Gasteiger partial charge >= 0.3 is 0 Å². The molecule has 0 aromatic heterocycles. The van der Waals surface area contributed by atoms with Crippen LogP contribution in [0.25, 0.3) is 0 Å². The first kappa shape index (κ1) is 13.3. The molecule has 0 unspecified atom stereocenters. The van der Waals surface area contributed by atoms with Crippen LogP contribution in [-0.4, -0.2) is 14.2 Å². The standard InChI is InChI=1S/C11H15N3O2S/c1-8(2)7-17(15,16)14-11-4-3-9(6-12)5-10(11)13/h3-5,8,14H,7,13H2,1-2H3. The fraction of sp³-hybridized carbons (Fsp3) is 0.364. The average molecular weight is 253 g/mol.